The molecular weight excluding hydrogens is 510 g/mol. The molecule has 3 aromatic rings. The SMILES string of the molecule is Cc1ccc(NS(=O)(=O)c2ccc(NC(=O)C(C)N(c3ccc(Cl)cc3)S(C)(=O)=O)cc2)cc1C. The molecular formula is C24H26ClN3O5S2. The van der Waals surface area contributed by atoms with Gasteiger partial charge in [0.15, 0.2) is 0 Å². The van der Waals surface area contributed by atoms with E-state index in [0.29, 0.717) is 22.1 Å². The number of anilines is 3. The van der Waals surface area contributed by atoms with Gasteiger partial charge in [0.25, 0.3) is 10.0 Å². The quantitative estimate of drug-likeness (QED) is 0.439. The van der Waals surface area contributed by atoms with Crippen molar-refractivity contribution in [2.24, 2.45) is 0 Å². The first kappa shape index (κ1) is 26.5. The highest BCUT2D eigenvalue weighted by Gasteiger charge is 2.29. The van der Waals surface area contributed by atoms with Gasteiger partial charge in [-0.25, -0.2) is 16.8 Å². The number of carbonyl (C=O) groups is 1. The predicted molar refractivity (Wildman–Crippen MR) is 140 cm³/mol. The summed E-state index contributed by atoms with van der Waals surface area (Å²) in [5, 5.41) is 3.06. The first-order valence-electron chi connectivity index (χ1n) is 10.5. The fraction of sp³-hybridized carbons (Fsp3) is 0.208. The number of carbonyl (C=O) groups excluding carboxylic acids is 1. The number of amides is 1. The number of nitrogens with zero attached hydrogens (tertiary/aromatic N) is 1. The van der Waals surface area contributed by atoms with Crippen LogP contribution in [0, 0.1) is 13.8 Å². The van der Waals surface area contributed by atoms with Gasteiger partial charge in [0, 0.05) is 16.4 Å². The highest BCUT2D eigenvalue weighted by molar-refractivity contribution is 7.92. The van der Waals surface area contributed by atoms with Gasteiger partial charge in [-0.3, -0.25) is 13.8 Å². The highest BCUT2D eigenvalue weighted by Crippen LogP contribution is 2.24. The summed E-state index contributed by atoms with van der Waals surface area (Å²) in [4.78, 5) is 12.9. The minimum atomic E-state index is -3.84. The third-order valence-electron chi connectivity index (χ3n) is 5.36. The molecule has 1 amide bonds. The zero-order chi connectivity index (χ0) is 26.0. The first-order valence-corrected chi connectivity index (χ1v) is 14.2. The molecule has 0 fully saturated rings. The van der Waals surface area contributed by atoms with E-state index in [0.717, 1.165) is 21.7 Å². The van der Waals surface area contributed by atoms with Crippen LogP contribution in [0.15, 0.2) is 71.6 Å². The van der Waals surface area contributed by atoms with Crippen molar-refractivity contribution in [1.29, 1.82) is 0 Å². The lowest BCUT2D eigenvalue weighted by molar-refractivity contribution is -0.116. The summed E-state index contributed by atoms with van der Waals surface area (Å²) >= 11 is 5.89. The molecule has 0 radical (unpaired) electrons. The number of benzene rings is 3. The number of sulfonamides is 2. The molecule has 1 atom stereocenters. The smallest absolute Gasteiger partial charge is 0.261 e. The maximum absolute atomic E-state index is 12.8. The molecule has 0 heterocycles. The second-order valence-corrected chi connectivity index (χ2v) is 12.1. The number of hydrogen-bond acceptors (Lipinski definition) is 5. The van der Waals surface area contributed by atoms with Crippen molar-refractivity contribution < 1.29 is 21.6 Å². The fourth-order valence-corrected chi connectivity index (χ4v) is 5.73. The van der Waals surface area contributed by atoms with Crippen LogP contribution in [0.5, 0.6) is 0 Å². The molecule has 1 unspecified atom stereocenters. The summed E-state index contributed by atoms with van der Waals surface area (Å²) in [5.74, 6) is -0.589. The van der Waals surface area contributed by atoms with Gasteiger partial charge in [0.2, 0.25) is 15.9 Å². The van der Waals surface area contributed by atoms with Gasteiger partial charge in [-0.1, -0.05) is 17.7 Å². The van der Waals surface area contributed by atoms with Crippen LogP contribution in [0.1, 0.15) is 18.1 Å². The molecule has 0 saturated carbocycles. The lowest BCUT2D eigenvalue weighted by Crippen LogP contribution is -2.45. The zero-order valence-corrected chi connectivity index (χ0v) is 22.0. The average molecular weight is 536 g/mol. The lowest BCUT2D eigenvalue weighted by atomic mass is 10.1. The van der Waals surface area contributed by atoms with Crippen LogP contribution < -0.4 is 14.3 Å². The van der Waals surface area contributed by atoms with E-state index in [4.69, 9.17) is 11.6 Å². The van der Waals surface area contributed by atoms with Crippen molar-refractivity contribution in [2.75, 3.05) is 20.6 Å². The lowest BCUT2D eigenvalue weighted by Gasteiger charge is -2.28. The van der Waals surface area contributed by atoms with Gasteiger partial charge in [0.05, 0.1) is 16.8 Å². The van der Waals surface area contributed by atoms with Crippen LogP contribution in [0.4, 0.5) is 17.1 Å². The Morgan fingerprint density at radius 3 is 1.97 bits per heavy atom. The number of aryl methyl sites for hydroxylation is 2. The normalized spacial score (nSPS) is 12.6. The van der Waals surface area contributed by atoms with Crippen LogP contribution in [-0.2, 0) is 24.8 Å². The van der Waals surface area contributed by atoms with Gasteiger partial charge in [-0.05, 0) is 92.6 Å². The maximum Gasteiger partial charge on any atom is 0.261 e. The van der Waals surface area contributed by atoms with Crippen LogP contribution in [0.2, 0.25) is 5.02 Å². The number of halogens is 1. The van der Waals surface area contributed by atoms with Gasteiger partial charge in [-0.2, -0.15) is 0 Å². The molecule has 2 N–H and O–H groups in total. The molecule has 0 bridgehead atoms. The van der Waals surface area contributed by atoms with Crippen LogP contribution in [-0.4, -0.2) is 35.0 Å². The Morgan fingerprint density at radius 1 is 0.857 bits per heavy atom. The zero-order valence-electron chi connectivity index (χ0n) is 19.6. The van der Waals surface area contributed by atoms with Gasteiger partial charge >= 0.3 is 0 Å². The molecule has 0 aliphatic heterocycles. The van der Waals surface area contributed by atoms with Crippen molar-refractivity contribution >= 4 is 54.6 Å². The largest absolute Gasteiger partial charge is 0.324 e. The molecule has 3 aromatic carbocycles. The summed E-state index contributed by atoms with van der Waals surface area (Å²) in [6, 6.07) is 15.9. The molecule has 3 rings (SSSR count). The molecule has 0 saturated heterocycles. The first-order chi connectivity index (χ1) is 16.3. The Balaban J connectivity index is 1.76. The summed E-state index contributed by atoms with van der Waals surface area (Å²) in [5.41, 5.74) is 3.06. The van der Waals surface area contributed by atoms with Crippen molar-refractivity contribution in [2.45, 2.75) is 31.7 Å². The maximum atomic E-state index is 12.8. The summed E-state index contributed by atoms with van der Waals surface area (Å²) in [6.07, 6.45) is 1.01. The summed E-state index contributed by atoms with van der Waals surface area (Å²) in [7, 11) is -7.63. The van der Waals surface area contributed by atoms with Crippen molar-refractivity contribution in [1.82, 2.24) is 0 Å². The van der Waals surface area contributed by atoms with E-state index in [1.54, 1.807) is 12.1 Å². The minimum Gasteiger partial charge on any atom is -0.324 e. The number of rotatable bonds is 8. The average Bonchev–Trinajstić information content (AvgIpc) is 2.77. The van der Waals surface area contributed by atoms with Gasteiger partial charge < -0.3 is 5.32 Å². The molecule has 0 aromatic heterocycles. The van der Waals surface area contributed by atoms with Gasteiger partial charge in [0.1, 0.15) is 6.04 Å². The topological polar surface area (TPSA) is 113 Å². The van der Waals surface area contributed by atoms with Crippen LogP contribution in [0.25, 0.3) is 0 Å². The third kappa shape index (κ3) is 6.53. The van der Waals surface area contributed by atoms with E-state index in [1.165, 1.54) is 55.5 Å². The summed E-state index contributed by atoms with van der Waals surface area (Å²) in [6.45, 7) is 5.28. The number of hydrogen-bond donors (Lipinski definition) is 2. The Labute approximate surface area is 211 Å². The summed E-state index contributed by atoms with van der Waals surface area (Å²) < 4.78 is 53.8. The Kier molecular flexibility index (Phi) is 7.78. The fourth-order valence-electron chi connectivity index (χ4n) is 3.38. The van der Waals surface area contributed by atoms with Gasteiger partial charge in [-0.15, -0.1) is 0 Å². The van der Waals surface area contributed by atoms with E-state index in [2.05, 4.69) is 10.0 Å². The van der Waals surface area contributed by atoms with Crippen LogP contribution in [0.3, 0.4) is 0 Å². The molecule has 0 spiro atoms. The third-order valence-corrected chi connectivity index (χ3v) is 8.25. The van der Waals surface area contributed by atoms with Crippen LogP contribution >= 0.6 is 11.6 Å². The van der Waals surface area contributed by atoms with Crippen molar-refractivity contribution in [3.8, 4) is 0 Å². The van der Waals surface area contributed by atoms with E-state index >= 15 is 0 Å². The molecule has 35 heavy (non-hydrogen) atoms. The predicted octanol–water partition coefficient (Wildman–Crippen LogP) is 4.55. The Bertz CT molecular complexity index is 1440. The molecule has 186 valence electrons. The molecule has 0 aliphatic carbocycles. The number of nitrogens with one attached hydrogen (secondary N) is 2. The van der Waals surface area contributed by atoms with Crippen molar-refractivity contribution in [3.63, 3.8) is 0 Å². The second kappa shape index (κ2) is 10.3. The van der Waals surface area contributed by atoms with E-state index in [9.17, 15) is 21.6 Å². The molecule has 8 nitrogen and oxygen atoms in total. The highest BCUT2D eigenvalue weighted by atomic mass is 35.5. The molecule has 0 aliphatic rings. The second-order valence-electron chi connectivity index (χ2n) is 8.13. The van der Waals surface area contributed by atoms with Crippen molar-refractivity contribution in [3.05, 3.63) is 82.9 Å². The standard InChI is InChI=1S/C24H26ClN3O5S2/c1-16-5-8-21(15-17(16)2)27-35(32,33)23-13-9-20(10-14-23)26-24(29)18(3)28(34(4,30)31)22-11-6-19(25)7-12-22/h5-15,18,27H,1-4H3,(H,26,29). The minimum absolute atomic E-state index is 0.0145. The van der Waals surface area contributed by atoms with E-state index < -0.39 is 32.0 Å². The monoisotopic (exact) mass is 535 g/mol. The van der Waals surface area contributed by atoms with E-state index in [1.807, 2.05) is 19.9 Å². The Morgan fingerprint density at radius 2 is 1.43 bits per heavy atom. The Hall–Kier alpha value is -3.08. The molecule has 11 heteroatoms. The van der Waals surface area contributed by atoms with E-state index in [-0.39, 0.29) is 4.90 Å².